The summed E-state index contributed by atoms with van der Waals surface area (Å²) < 4.78 is 13.8. The average Bonchev–Trinajstić information content (AvgIpc) is 2.69. The fraction of sp³-hybridized carbons (Fsp3) is 0.227. The zero-order chi connectivity index (χ0) is 22.1. The number of anilines is 2. The van der Waals surface area contributed by atoms with Crippen molar-refractivity contribution in [1.29, 1.82) is 0 Å². The molecule has 30 heavy (non-hydrogen) atoms. The monoisotopic (exact) mass is 489 g/mol. The van der Waals surface area contributed by atoms with Gasteiger partial charge in [0.25, 0.3) is 0 Å². The molecule has 1 atom stereocenters. The minimum absolute atomic E-state index is 0.181. The Bertz CT molecular complexity index is 1150. The van der Waals surface area contributed by atoms with Gasteiger partial charge in [-0.1, -0.05) is 0 Å². The summed E-state index contributed by atoms with van der Waals surface area (Å²) in [4.78, 5) is 36.7. The molecule has 0 saturated carbocycles. The fourth-order valence-corrected chi connectivity index (χ4v) is 5.63. The summed E-state index contributed by atoms with van der Waals surface area (Å²) in [7, 11) is 0. The molecule has 3 aromatic carbocycles. The Morgan fingerprint density at radius 3 is 2.33 bits per heavy atom. The molecule has 0 spiro atoms. The first kappa shape index (κ1) is 22.3. The summed E-state index contributed by atoms with van der Waals surface area (Å²) in [5.41, 5.74) is -0.497. The molecular formula is C22H20AsClFN2O3. The van der Waals surface area contributed by atoms with Crippen LogP contribution < -0.4 is 25.8 Å². The first-order chi connectivity index (χ1) is 14.1. The number of rotatable bonds is 6. The van der Waals surface area contributed by atoms with Crippen LogP contribution in [0, 0.1) is 11.2 Å². The van der Waals surface area contributed by atoms with Crippen molar-refractivity contribution in [2.75, 3.05) is 5.32 Å². The van der Waals surface area contributed by atoms with Crippen molar-refractivity contribution in [3.63, 3.8) is 0 Å². The Labute approximate surface area is 185 Å². The van der Waals surface area contributed by atoms with Crippen molar-refractivity contribution in [2.45, 2.75) is 25.6 Å². The molecule has 0 heterocycles. The van der Waals surface area contributed by atoms with E-state index in [1.165, 1.54) is 18.2 Å². The van der Waals surface area contributed by atoms with Crippen LogP contribution in [0.25, 0.3) is 0 Å². The van der Waals surface area contributed by atoms with Gasteiger partial charge in [0.1, 0.15) is 0 Å². The van der Waals surface area contributed by atoms with E-state index < -0.39 is 32.4 Å². The summed E-state index contributed by atoms with van der Waals surface area (Å²) >= 11 is 5.00. The van der Waals surface area contributed by atoms with Gasteiger partial charge in [0, 0.05) is 0 Å². The summed E-state index contributed by atoms with van der Waals surface area (Å²) in [6.45, 7) is 5.88. The van der Waals surface area contributed by atoms with E-state index in [1.807, 2.05) is 20.8 Å². The molecule has 3 rings (SSSR count). The number of hydrogen-bond donors (Lipinski definition) is 2. The fourth-order valence-electron chi connectivity index (χ4n) is 2.71. The van der Waals surface area contributed by atoms with Gasteiger partial charge in [0.2, 0.25) is 0 Å². The predicted octanol–water partition coefficient (Wildman–Crippen LogP) is 2.95. The molecule has 0 aliphatic heterocycles. The van der Waals surface area contributed by atoms with Crippen LogP contribution in [0.3, 0.4) is 0 Å². The van der Waals surface area contributed by atoms with Crippen molar-refractivity contribution in [3.8, 4) is 0 Å². The van der Waals surface area contributed by atoms with Gasteiger partial charge >= 0.3 is 185 Å². The predicted molar refractivity (Wildman–Crippen MR) is 119 cm³/mol. The van der Waals surface area contributed by atoms with Gasteiger partial charge in [0.05, 0.1) is 0 Å². The first-order valence-electron chi connectivity index (χ1n) is 9.19. The SMILES string of the molecule is CC(C)(C)C(NC(=O)c1ccc(Cl)cc1)[As]c1c(Nc2cccc(F)c2)c(=O)c1=O. The second-order valence-corrected chi connectivity index (χ2v) is 10.9. The van der Waals surface area contributed by atoms with Gasteiger partial charge < -0.3 is 0 Å². The van der Waals surface area contributed by atoms with Gasteiger partial charge in [-0.15, -0.1) is 0 Å². The molecule has 0 fully saturated rings. The van der Waals surface area contributed by atoms with Crippen LogP contribution in [0.15, 0.2) is 58.1 Å². The number of carbonyl (C=O) groups excluding carboxylic acids is 1. The zero-order valence-corrected chi connectivity index (χ0v) is 19.3. The molecule has 2 N–H and O–H groups in total. The third-order valence-corrected chi connectivity index (χ3v) is 8.56. The summed E-state index contributed by atoms with van der Waals surface area (Å²) in [6.07, 6.45) is 0. The average molecular weight is 490 g/mol. The second-order valence-electron chi connectivity index (χ2n) is 7.90. The molecule has 1 amide bonds. The van der Waals surface area contributed by atoms with Crippen LogP contribution in [0.4, 0.5) is 15.8 Å². The van der Waals surface area contributed by atoms with Gasteiger partial charge in [-0.05, 0) is 0 Å². The standard InChI is InChI=1S/C22H20AsClFN2O3/c1-22(2,3)21(27-20(30)12-7-9-13(24)10-8-12)23-16-17(19(29)18(16)28)26-15-6-4-5-14(25)11-15/h4-11,21,26H,1-3H3,(H,27,30). The Kier molecular flexibility index (Phi) is 6.49. The van der Waals surface area contributed by atoms with Crippen LogP contribution in [0.5, 0.6) is 0 Å². The van der Waals surface area contributed by atoms with Crippen molar-refractivity contribution in [2.24, 2.45) is 5.41 Å². The number of benzene rings is 2. The molecule has 3 aromatic rings. The Hall–Kier alpha value is -2.43. The number of hydrogen-bond acceptors (Lipinski definition) is 4. The van der Waals surface area contributed by atoms with E-state index in [-0.39, 0.29) is 21.8 Å². The van der Waals surface area contributed by atoms with E-state index in [1.54, 1.807) is 30.3 Å². The number of amides is 1. The molecule has 0 bridgehead atoms. The van der Waals surface area contributed by atoms with Crippen molar-refractivity contribution in [1.82, 2.24) is 5.32 Å². The van der Waals surface area contributed by atoms with E-state index >= 15 is 0 Å². The maximum absolute atomic E-state index is 13.4. The molecule has 155 valence electrons. The summed E-state index contributed by atoms with van der Waals surface area (Å²) in [5.74, 6) is -0.725. The molecule has 1 unspecified atom stereocenters. The normalized spacial score (nSPS) is 13.0. The first-order valence-corrected chi connectivity index (χ1v) is 11.6. The topological polar surface area (TPSA) is 75.3 Å². The Balaban J connectivity index is 1.83. The molecule has 0 saturated heterocycles. The van der Waals surface area contributed by atoms with Gasteiger partial charge in [-0.3, -0.25) is 0 Å². The van der Waals surface area contributed by atoms with E-state index in [2.05, 4.69) is 10.6 Å². The molecule has 5 nitrogen and oxygen atoms in total. The van der Waals surface area contributed by atoms with Crippen LogP contribution in [0.1, 0.15) is 31.1 Å². The third-order valence-electron chi connectivity index (χ3n) is 4.43. The van der Waals surface area contributed by atoms with E-state index in [4.69, 9.17) is 11.6 Å². The Morgan fingerprint density at radius 1 is 1.07 bits per heavy atom. The molecule has 0 aromatic heterocycles. The molecule has 0 aliphatic carbocycles. The molecule has 0 aliphatic rings. The number of nitrogens with one attached hydrogen (secondary N) is 2. The molecule has 8 heteroatoms. The van der Waals surface area contributed by atoms with Crippen LogP contribution >= 0.6 is 11.6 Å². The summed E-state index contributed by atoms with van der Waals surface area (Å²) in [5, 5.41) is 6.39. The second kappa shape index (κ2) is 8.74. The quantitative estimate of drug-likeness (QED) is 0.412. The van der Waals surface area contributed by atoms with Crippen LogP contribution in [-0.4, -0.2) is 26.5 Å². The van der Waals surface area contributed by atoms with Gasteiger partial charge in [-0.25, -0.2) is 0 Å². The minimum atomic E-state index is -0.876. The van der Waals surface area contributed by atoms with E-state index in [9.17, 15) is 18.8 Å². The third kappa shape index (κ3) is 5.00. The van der Waals surface area contributed by atoms with Crippen molar-refractivity contribution < 1.29 is 9.18 Å². The zero-order valence-electron chi connectivity index (χ0n) is 16.6. The number of halogens is 2. The summed E-state index contributed by atoms with van der Waals surface area (Å²) in [6, 6.07) is 12.2. The van der Waals surface area contributed by atoms with Crippen LogP contribution in [-0.2, 0) is 0 Å². The Morgan fingerprint density at radius 2 is 1.73 bits per heavy atom. The van der Waals surface area contributed by atoms with Crippen molar-refractivity contribution in [3.05, 3.63) is 85.4 Å². The van der Waals surface area contributed by atoms with Gasteiger partial charge in [0.15, 0.2) is 0 Å². The van der Waals surface area contributed by atoms with Crippen molar-refractivity contribution >= 4 is 49.0 Å². The van der Waals surface area contributed by atoms with E-state index in [0.717, 1.165) is 0 Å². The molecular weight excluding hydrogens is 470 g/mol. The van der Waals surface area contributed by atoms with Crippen LogP contribution in [0.2, 0.25) is 5.02 Å². The molecule has 1 radical (unpaired) electrons. The maximum atomic E-state index is 13.4. The van der Waals surface area contributed by atoms with Gasteiger partial charge in [-0.2, -0.15) is 0 Å². The number of carbonyl (C=O) groups is 1. The van der Waals surface area contributed by atoms with E-state index in [0.29, 0.717) is 20.6 Å².